The fraction of sp³-hybridized carbons (Fsp3) is 0.750. The second-order valence-electron chi connectivity index (χ2n) is 3.50. The quantitative estimate of drug-likeness (QED) is 0.895. The van der Waals surface area contributed by atoms with E-state index in [0.29, 0.717) is 6.04 Å². The summed E-state index contributed by atoms with van der Waals surface area (Å²) in [7, 11) is 4.16. The van der Waals surface area contributed by atoms with E-state index in [-0.39, 0.29) is 0 Å². The van der Waals surface area contributed by atoms with Gasteiger partial charge in [-0.25, -0.2) is 0 Å². The molecule has 0 amide bonds. The van der Waals surface area contributed by atoms with Crippen LogP contribution in [0.4, 0.5) is 5.13 Å². The van der Waals surface area contributed by atoms with Gasteiger partial charge in [0.05, 0.1) is 0 Å². The van der Waals surface area contributed by atoms with Crippen LogP contribution in [0.25, 0.3) is 0 Å². The van der Waals surface area contributed by atoms with Gasteiger partial charge in [0.1, 0.15) is 0 Å². The Hall–Kier alpha value is -0.200. The minimum atomic E-state index is 0.428. The minimum Gasteiger partial charge on any atom is -0.358 e. The molecule has 0 aromatic carbocycles. The lowest BCUT2D eigenvalue weighted by atomic mass is 10.2. The summed E-state index contributed by atoms with van der Waals surface area (Å²) in [6.07, 6.45) is 1.10. The van der Waals surface area contributed by atoms with Gasteiger partial charge in [0.25, 0.3) is 0 Å². The highest BCUT2D eigenvalue weighted by Crippen LogP contribution is 2.20. The molecule has 0 aliphatic rings. The highest BCUT2D eigenvalue weighted by atomic mass is 79.9. The maximum absolute atomic E-state index is 3.98. The van der Waals surface area contributed by atoms with Crippen molar-refractivity contribution in [1.82, 2.24) is 15.1 Å². The van der Waals surface area contributed by atoms with Crippen LogP contribution in [-0.4, -0.2) is 41.8 Å². The Morgan fingerprint density at radius 3 is 2.71 bits per heavy atom. The van der Waals surface area contributed by atoms with Gasteiger partial charge in [0.15, 0.2) is 3.92 Å². The molecule has 1 heterocycles. The molecule has 1 aromatic heterocycles. The molecule has 0 aliphatic carbocycles. The molecule has 0 aliphatic heterocycles. The Bertz CT molecular complexity index is 276. The largest absolute Gasteiger partial charge is 0.358 e. The average molecular weight is 279 g/mol. The second-order valence-corrected chi connectivity index (χ2v) is 5.75. The molecule has 0 spiro atoms. The van der Waals surface area contributed by atoms with Crippen LogP contribution in [0, 0.1) is 0 Å². The molecular formula is C8H15BrN4S. The van der Waals surface area contributed by atoms with Crippen molar-refractivity contribution in [2.75, 3.05) is 26.0 Å². The Morgan fingerprint density at radius 2 is 2.21 bits per heavy atom. The maximum Gasteiger partial charge on any atom is 0.206 e. The molecule has 0 bridgehead atoms. The molecule has 0 saturated heterocycles. The van der Waals surface area contributed by atoms with E-state index < -0.39 is 0 Å². The zero-order chi connectivity index (χ0) is 10.6. The smallest absolute Gasteiger partial charge is 0.206 e. The summed E-state index contributed by atoms with van der Waals surface area (Å²) in [4.78, 5) is 2.17. The first kappa shape index (κ1) is 11.9. The van der Waals surface area contributed by atoms with Gasteiger partial charge in [0.2, 0.25) is 5.13 Å². The van der Waals surface area contributed by atoms with Crippen molar-refractivity contribution in [1.29, 1.82) is 0 Å². The predicted octanol–water partition coefficient (Wildman–Crippen LogP) is 2.05. The van der Waals surface area contributed by atoms with E-state index in [1.54, 1.807) is 0 Å². The number of hydrogen-bond acceptors (Lipinski definition) is 5. The molecule has 14 heavy (non-hydrogen) atoms. The molecule has 0 fully saturated rings. The minimum absolute atomic E-state index is 0.428. The summed E-state index contributed by atoms with van der Waals surface area (Å²) in [5.41, 5.74) is 0. The van der Waals surface area contributed by atoms with E-state index in [9.17, 15) is 0 Å². The third kappa shape index (κ3) is 4.34. The van der Waals surface area contributed by atoms with Crippen molar-refractivity contribution in [3.8, 4) is 0 Å². The summed E-state index contributed by atoms with van der Waals surface area (Å²) in [5.74, 6) is 0. The molecule has 1 atom stereocenters. The van der Waals surface area contributed by atoms with Gasteiger partial charge in [-0.05, 0) is 49.9 Å². The summed E-state index contributed by atoms with van der Waals surface area (Å²) in [6, 6.07) is 0.428. The van der Waals surface area contributed by atoms with Crippen molar-refractivity contribution < 1.29 is 0 Å². The van der Waals surface area contributed by atoms with Gasteiger partial charge in [-0.15, -0.1) is 10.2 Å². The molecule has 4 nitrogen and oxygen atoms in total. The maximum atomic E-state index is 3.98. The number of hydrogen-bond donors (Lipinski definition) is 1. The number of nitrogens with zero attached hydrogens (tertiary/aromatic N) is 3. The topological polar surface area (TPSA) is 41.0 Å². The highest BCUT2D eigenvalue weighted by molar-refractivity contribution is 9.11. The molecule has 1 aromatic rings. The Kier molecular flexibility index (Phi) is 4.77. The van der Waals surface area contributed by atoms with Crippen LogP contribution in [0.1, 0.15) is 13.3 Å². The van der Waals surface area contributed by atoms with E-state index in [1.165, 1.54) is 11.3 Å². The van der Waals surface area contributed by atoms with Crippen LogP contribution in [-0.2, 0) is 0 Å². The zero-order valence-electron chi connectivity index (χ0n) is 8.62. The van der Waals surface area contributed by atoms with Gasteiger partial charge >= 0.3 is 0 Å². The summed E-state index contributed by atoms with van der Waals surface area (Å²) >= 11 is 4.80. The van der Waals surface area contributed by atoms with Crippen LogP contribution in [0.2, 0.25) is 0 Å². The fourth-order valence-electron chi connectivity index (χ4n) is 0.998. The van der Waals surface area contributed by atoms with Crippen molar-refractivity contribution in [2.24, 2.45) is 0 Å². The lowest BCUT2D eigenvalue weighted by molar-refractivity contribution is 0.390. The number of nitrogens with one attached hydrogen (secondary N) is 1. The van der Waals surface area contributed by atoms with Crippen LogP contribution in [0.5, 0.6) is 0 Å². The zero-order valence-corrected chi connectivity index (χ0v) is 11.0. The average Bonchev–Trinajstić information content (AvgIpc) is 2.48. The molecule has 1 rings (SSSR count). The molecule has 1 N–H and O–H groups in total. The third-order valence-corrected chi connectivity index (χ3v) is 3.07. The Morgan fingerprint density at radius 1 is 1.50 bits per heavy atom. The van der Waals surface area contributed by atoms with E-state index in [0.717, 1.165) is 22.0 Å². The lowest BCUT2D eigenvalue weighted by Crippen LogP contribution is -2.22. The normalized spacial score (nSPS) is 13.2. The van der Waals surface area contributed by atoms with Crippen molar-refractivity contribution in [3.05, 3.63) is 3.92 Å². The second kappa shape index (κ2) is 5.63. The first-order valence-electron chi connectivity index (χ1n) is 4.48. The lowest BCUT2D eigenvalue weighted by Gasteiger charge is -2.15. The van der Waals surface area contributed by atoms with Gasteiger partial charge in [-0.3, -0.25) is 0 Å². The van der Waals surface area contributed by atoms with Gasteiger partial charge in [0, 0.05) is 6.04 Å². The van der Waals surface area contributed by atoms with Crippen LogP contribution in [0.15, 0.2) is 3.92 Å². The van der Waals surface area contributed by atoms with E-state index in [1.807, 2.05) is 0 Å². The van der Waals surface area contributed by atoms with Gasteiger partial charge < -0.3 is 10.2 Å². The van der Waals surface area contributed by atoms with E-state index >= 15 is 0 Å². The van der Waals surface area contributed by atoms with Gasteiger partial charge in [-0.1, -0.05) is 11.3 Å². The van der Waals surface area contributed by atoms with Crippen LogP contribution >= 0.6 is 27.3 Å². The number of anilines is 1. The molecular weight excluding hydrogens is 264 g/mol. The van der Waals surface area contributed by atoms with Crippen LogP contribution < -0.4 is 5.32 Å². The predicted molar refractivity (Wildman–Crippen MR) is 63.9 cm³/mol. The highest BCUT2D eigenvalue weighted by Gasteiger charge is 2.06. The Balaban J connectivity index is 2.30. The molecule has 6 heteroatoms. The number of aromatic nitrogens is 2. The number of halogens is 1. The number of rotatable bonds is 5. The summed E-state index contributed by atoms with van der Waals surface area (Å²) < 4.78 is 0.819. The monoisotopic (exact) mass is 278 g/mol. The van der Waals surface area contributed by atoms with E-state index in [2.05, 4.69) is 57.4 Å². The first-order valence-corrected chi connectivity index (χ1v) is 6.09. The molecule has 1 unspecified atom stereocenters. The van der Waals surface area contributed by atoms with Crippen LogP contribution in [0.3, 0.4) is 0 Å². The Labute approximate surface area is 96.8 Å². The van der Waals surface area contributed by atoms with E-state index in [4.69, 9.17) is 0 Å². The van der Waals surface area contributed by atoms with Crippen molar-refractivity contribution >= 4 is 32.4 Å². The van der Waals surface area contributed by atoms with Crippen molar-refractivity contribution in [2.45, 2.75) is 19.4 Å². The fourth-order valence-corrected chi connectivity index (χ4v) is 2.12. The SMILES string of the molecule is CC(CCN(C)C)Nc1nnc(Br)s1. The summed E-state index contributed by atoms with van der Waals surface area (Å²) in [6.45, 7) is 3.23. The molecule has 0 saturated carbocycles. The third-order valence-electron chi connectivity index (χ3n) is 1.78. The standard InChI is InChI=1S/C8H15BrN4S/c1-6(4-5-13(2)3)10-8-12-11-7(9)14-8/h6H,4-5H2,1-3H3,(H,10,12). The first-order chi connectivity index (χ1) is 6.58. The summed E-state index contributed by atoms with van der Waals surface area (Å²) in [5, 5.41) is 12.0. The van der Waals surface area contributed by atoms with Crippen molar-refractivity contribution in [3.63, 3.8) is 0 Å². The van der Waals surface area contributed by atoms with Gasteiger partial charge in [-0.2, -0.15) is 0 Å². The molecule has 80 valence electrons. The molecule has 0 radical (unpaired) electrons.